The molecule has 3 saturated carbocycles. The van der Waals surface area contributed by atoms with Crippen molar-refractivity contribution in [1.29, 1.82) is 0 Å². The number of carbonyl (C=O) groups is 1. The van der Waals surface area contributed by atoms with Crippen molar-refractivity contribution in [2.45, 2.75) is 51.0 Å². The molecule has 4 heteroatoms. The van der Waals surface area contributed by atoms with Crippen LogP contribution in [0.4, 0.5) is 0 Å². The van der Waals surface area contributed by atoms with Crippen LogP contribution < -0.4 is 0 Å². The van der Waals surface area contributed by atoms with E-state index in [4.69, 9.17) is 4.74 Å². The van der Waals surface area contributed by atoms with E-state index in [0.717, 1.165) is 30.2 Å². The van der Waals surface area contributed by atoms with Gasteiger partial charge in [0.2, 0.25) is 0 Å². The summed E-state index contributed by atoms with van der Waals surface area (Å²) in [6, 6.07) is 8.25. The molecule has 3 aliphatic rings. The van der Waals surface area contributed by atoms with E-state index in [-0.39, 0.29) is 16.8 Å². The molecule has 1 aromatic heterocycles. The van der Waals surface area contributed by atoms with Crippen molar-refractivity contribution in [3.05, 3.63) is 35.5 Å². The van der Waals surface area contributed by atoms with E-state index in [9.17, 15) is 9.90 Å². The minimum atomic E-state index is -0.593. The minimum absolute atomic E-state index is 0.107. The third kappa shape index (κ3) is 1.91. The number of esters is 1. The summed E-state index contributed by atoms with van der Waals surface area (Å²) < 4.78 is 5.05. The second kappa shape index (κ2) is 4.38. The highest BCUT2D eigenvalue weighted by Crippen LogP contribution is 2.77. The molecule has 5 rings (SSSR count). The zero-order valence-corrected chi connectivity index (χ0v) is 13.9. The van der Waals surface area contributed by atoms with Crippen LogP contribution in [0.15, 0.2) is 24.3 Å². The molecular weight excluding hydrogens is 290 g/mol. The van der Waals surface area contributed by atoms with Crippen molar-refractivity contribution in [2.75, 3.05) is 6.61 Å². The van der Waals surface area contributed by atoms with Crippen LogP contribution in [-0.2, 0) is 10.2 Å². The second-order valence-corrected chi connectivity index (χ2v) is 7.86. The number of H-pyrrole nitrogens is 1. The minimum Gasteiger partial charge on any atom is -0.461 e. The molecule has 122 valence electrons. The number of aromatic nitrogens is 1. The van der Waals surface area contributed by atoms with Crippen molar-refractivity contribution in [3.63, 3.8) is 0 Å². The van der Waals surface area contributed by atoms with Gasteiger partial charge in [0.25, 0.3) is 0 Å². The highest BCUT2D eigenvalue weighted by atomic mass is 16.5. The van der Waals surface area contributed by atoms with E-state index in [1.165, 1.54) is 5.56 Å². The molecule has 1 heterocycles. The van der Waals surface area contributed by atoms with E-state index in [2.05, 4.69) is 17.1 Å². The number of aromatic amines is 1. The van der Waals surface area contributed by atoms with Gasteiger partial charge in [0.05, 0.1) is 12.2 Å². The Kier molecular flexibility index (Phi) is 2.81. The molecule has 0 radical (unpaired) electrons. The topological polar surface area (TPSA) is 62.3 Å². The lowest BCUT2D eigenvalue weighted by molar-refractivity contribution is -0.245. The number of hydrogen-bond donors (Lipinski definition) is 2. The summed E-state index contributed by atoms with van der Waals surface area (Å²) in [5.74, 6) is -0.309. The summed E-state index contributed by atoms with van der Waals surface area (Å²) >= 11 is 0. The fourth-order valence-electron chi connectivity index (χ4n) is 4.52. The van der Waals surface area contributed by atoms with Gasteiger partial charge in [0.15, 0.2) is 0 Å². The van der Waals surface area contributed by atoms with Crippen LogP contribution in [0.5, 0.6) is 0 Å². The summed E-state index contributed by atoms with van der Waals surface area (Å²) in [5, 5.41) is 11.4. The Bertz CT molecular complexity index is 777. The van der Waals surface area contributed by atoms with E-state index in [0.29, 0.717) is 12.3 Å². The Hall–Kier alpha value is -1.81. The highest BCUT2D eigenvalue weighted by molar-refractivity contribution is 5.95. The highest BCUT2D eigenvalue weighted by Gasteiger charge is 2.72. The standard InChI is InChI=1S/C19H23NO3/c1-4-23-16(21)15-8-12-7-13(5-6-14(12)20-15)18-9-19(10-18,11-18)17(2,3)22/h5-8,20,22H,4,9-11H2,1-3H3. The van der Waals surface area contributed by atoms with Gasteiger partial charge < -0.3 is 14.8 Å². The number of aliphatic hydroxyl groups is 1. The van der Waals surface area contributed by atoms with Crippen LogP contribution in [0.25, 0.3) is 10.9 Å². The number of benzene rings is 1. The van der Waals surface area contributed by atoms with Gasteiger partial charge in [-0.15, -0.1) is 0 Å². The molecular formula is C19H23NO3. The first-order valence-corrected chi connectivity index (χ1v) is 8.31. The number of ether oxygens (including phenoxy) is 1. The molecule has 3 fully saturated rings. The van der Waals surface area contributed by atoms with Crippen LogP contribution in [0.1, 0.15) is 56.1 Å². The van der Waals surface area contributed by atoms with E-state index in [1.54, 1.807) is 6.92 Å². The Morgan fingerprint density at radius 2 is 2.00 bits per heavy atom. The average Bonchev–Trinajstić information content (AvgIpc) is 2.77. The van der Waals surface area contributed by atoms with E-state index in [1.807, 2.05) is 26.0 Å². The Balaban J connectivity index is 1.61. The van der Waals surface area contributed by atoms with Gasteiger partial charge in [-0.05, 0) is 69.2 Å². The molecule has 0 aliphatic heterocycles. The number of carbonyl (C=O) groups excluding carboxylic acids is 1. The predicted molar refractivity (Wildman–Crippen MR) is 88.5 cm³/mol. The van der Waals surface area contributed by atoms with Crippen molar-refractivity contribution < 1.29 is 14.6 Å². The zero-order chi connectivity index (χ0) is 16.5. The van der Waals surface area contributed by atoms with Gasteiger partial charge in [0, 0.05) is 16.3 Å². The molecule has 2 aromatic rings. The van der Waals surface area contributed by atoms with E-state index >= 15 is 0 Å². The molecule has 3 aliphatic carbocycles. The smallest absolute Gasteiger partial charge is 0.354 e. The quantitative estimate of drug-likeness (QED) is 0.849. The third-order valence-electron chi connectivity index (χ3n) is 6.06. The Morgan fingerprint density at radius 3 is 2.61 bits per heavy atom. The fraction of sp³-hybridized carbons (Fsp3) is 0.526. The first-order chi connectivity index (χ1) is 10.8. The van der Waals surface area contributed by atoms with Gasteiger partial charge in [-0.3, -0.25) is 0 Å². The van der Waals surface area contributed by atoms with Gasteiger partial charge in [-0.25, -0.2) is 4.79 Å². The molecule has 0 spiro atoms. The predicted octanol–water partition coefficient (Wildman–Crippen LogP) is 3.54. The summed E-state index contributed by atoms with van der Waals surface area (Å²) in [6.07, 6.45) is 3.18. The summed E-state index contributed by atoms with van der Waals surface area (Å²) in [6.45, 7) is 6.04. The number of rotatable bonds is 4. The molecule has 0 atom stereocenters. The first-order valence-electron chi connectivity index (χ1n) is 8.31. The first kappa shape index (κ1) is 14.8. The number of nitrogens with one attached hydrogen (secondary N) is 1. The largest absolute Gasteiger partial charge is 0.461 e. The second-order valence-electron chi connectivity index (χ2n) is 7.86. The molecule has 2 N–H and O–H groups in total. The fourth-order valence-corrected chi connectivity index (χ4v) is 4.52. The van der Waals surface area contributed by atoms with Crippen LogP contribution in [0, 0.1) is 5.41 Å². The SMILES string of the molecule is CCOC(=O)c1cc2cc(C34CC(C(C)(C)O)(C3)C4)ccc2[nH]1. The maximum absolute atomic E-state index is 11.8. The van der Waals surface area contributed by atoms with Gasteiger partial charge in [0.1, 0.15) is 5.69 Å². The number of fused-ring (bicyclic) bond motifs is 1. The van der Waals surface area contributed by atoms with Crippen LogP contribution in [-0.4, -0.2) is 28.3 Å². The van der Waals surface area contributed by atoms with Crippen molar-refractivity contribution >= 4 is 16.9 Å². The Labute approximate surface area is 135 Å². The van der Waals surface area contributed by atoms with Crippen molar-refractivity contribution in [2.24, 2.45) is 5.41 Å². The Morgan fingerprint density at radius 1 is 1.30 bits per heavy atom. The zero-order valence-electron chi connectivity index (χ0n) is 13.9. The lowest BCUT2D eigenvalue weighted by Gasteiger charge is -2.75. The summed E-state index contributed by atoms with van der Waals surface area (Å²) in [7, 11) is 0. The van der Waals surface area contributed by atoms with Crippen molar-refractivity contribution in [1.82, 2.24) is 4.98 Å². The molecule has 23 heavy (non-hydrogen) atoms. The molecule has 2 bridgehead atoms. The molecule has 1 aromatic carbocycles. The van der Waals surface area contributed by atoms with Crippen LogP contribution >= 0.6 is 0 Å². The maximum atomic E-state index is 11.8. The third-order valence-corrected chi connectivity index (χ3v) is 6.06. The van der Waals surface area contributed by atoms with E-state index < -0.39 is 5.60 Å². The number of hydrogen-bond acceptors (Lipinski definition) is 3. The van der Waals surface area contributed by atoms with Gasteiger partial charge in [-0.1, -0.05) is 6.07 Å². The lowest BCUT2D eigenvalue weighted by atomic mass is 9.30. The van der Waals surface area contributed by atoms with Gasteiger partial charge in [-0.2, -0.15) is 0 Å². The molecule has 0 saturated heterocycles. The maximum Gasteiger partial charge on any atom is 0.354 e. The monoisotopic (exact) mass is 313 g/mol. The lowest BCUT2D eigenvalue weighted by Crippen LogP contribution is -2.72. The molecule has 0 unspecified atom stereocenters. The summed E-state index contributed by atoms with van der Waals surface area (Å²) in [4.78, 5) is 15.0. The molecule has 4 nitrogen and oxygen atoms in total. The van der Waals surface area contributed by atoms with Crippen LogP contribution in [0.2, 0.25) is 0 Å². The summed E-state index contributed by atoms with van der Waals surface area (Å²) in [5.41, 5.74) is 2.53. The van der Waals surface area contributed by atoms with Gasteiger partial charge >= 0.3 is 5.97 Å². The van der Waals surface area contributed by atoms with Crippen LogP contribution in [0.3, 0.4) is 0 Å². The normalized spacial score (nSPS) is 29.0. The average molecular weight is 313 g/mol. The van der Waals surface area contributed by atoms with Crippen molar-refractivity contribution in [3.8, 4) is 0 Å². The molecule has 0 amide bonds.